The van der Waals surface area contributed by atoms with Crippen LogP contribution in [0.2, 0.25) is 0 Å². The number of carbonyl (C=O) groups is 1. The summed E-state index contributed by atoms with van der Waals surface area (Å²) in [6, 6.07) is 27.0. The molecule has 1 amide bonds. The average Bonchev–Trinajstić information content (AvgIpc) is 2.70. The zero-order valence-electron chi connectivity index (χ0n) is 14.6. The van der Waals surface area contributed by atoms with Crippen LogP contribution >= 0.6 is 0 Å². The van der Waals surface area contributed by atoms with Gasteiger partial charge in [0.25, 0.3) is 5.91 Å². The van der Waals surface area contributed by atoms with Gasteiger partial charge in [-0.2, -0.15) is 0 Å². The third-order valence-corrected chi connectivity index (χ3v) is 4.11. The summed E-state index contributed by atoms with van der Waals surface area (Å²) in [5.74, 6) is -0.122. The van der Waals surface area contributed by atoms with Crippen molar-refractivity contribution in [2.24, 2.45) is 0 Å². The molecular formula is C23H22NO2. The quantitative estimate of drug-likeness (QED) is 0.621. The van der Waals surface area contributed by atoms with E-state index < -0.39 is 0 Å². The van der Waals surface area contributed by atoms with Crippen molar-refractivity contribution < 1.29 is 9.53 Å². The molecule has 0 aromatic heterocycles. The average molecular weight is 344 g/mol. The van der Waals surface area contributed by atoms with Crippen molar-refractivity contribution >= 4 is 11.6 Å². The van der Waals surface area contributed by atoms with Crippen LogP contribution in [0.15, 0.2) is 84.9 Å². The van der Waals surface area contributed by atoms with E-state index in [1.165, 1.54) is 0 Å². The molecule has 0 aliphatic rings. The summed E-state index contributed by atoms with van der Waals surface area (Å²) >= 11 is 0. The Kier molecular flexibility index (Phi) is 6.18. The molecule has 26 heavy (non-hydrogen) atoms. The summed E-state index contributed by atoms with van der Waals surface area (Å²) in [6.45, 7) is 4.45. The predicted molar refractivity (Wildman–Crippen MR) is 105 cm³/mol. The molecule has 3 rings (SSSR count). The molecule has 0 bridgehead atoms. The summed E-state index contributed by atoms with van der Waals surface area (Å²) < 4.78 is 6.03. The van der Waals surface area contributed by atoms with Gasteiger partial charge in [-0.05, 0) is 41.8 Å². The first-order valence-electron chi connectivity index (χ1n) is 8.67. The Bertz CT molecular complexity index is 831. The van der Waals surface area contributed by atoms with Gasteiger partial charge in [-0.1, -0.05) is 67.6 Å². The lowest BCUT2D eigenvalue weighted by Crippen LogP contribution is -2.12. The minimum absolute atomic E-state index is 0.0428. The molecule has 0 saturated carbocycles. The molecule has 0 aliphatic carbocycles. The molecule has 1 N–H and O–H groups in total. The van der Waals surface area contributed by atoms with Gasteiger partial charge in [-0.3, -0.25) is 4.79 Å². The van der Waals surface area contributed by atoms with Gasteiger partial charge in [-0.15, -0.1) is 0 Å². The Morgan fingerprint density at radius 3 is 2.31 bits per heavy atom. The normalized spacial score (nSPS) is 11.7. The maximum atomic E-state index is 12.3. The van der Waals surface area contributed by atoms with Crippen molar-refractivity contribution in [3.8, 4) is 0 Å². The van der Waals surface area contributed by atoms with Crippen LogP contribution in [0.25, 0.3) is 0 Å². The van der Waals surface area contributed by atoms with Crippen LogP contribution in [0.3, 0.4) is 0 Å². The number of rotatable bonds is 7. The van der Waals surface area contributed by atoms with Crippen LogP contribution in [0.1, 0.15) is 34.0 Å². The number of hydrogen-bond donors (Lipinski definition) is 1. The molecule has 0 aliphatic heterocycles. The van der Waals surface area contributed by atoms with Gasteiger partial charge < -0.3 is 10.1 Å². The van der Waals surface area contributed by atoms with Gasteiger partial charge in [0.1, 0.15) is 0 Å². The monoisotopic (exact) mass is 344 g/mol. The molecule has 0 fully saturated rings. The topological polar surface area (TPSA) is 38.3 Å². The third-order valence-electron chi connectivity index (χ3n) is 4.11. The second-order valence-electron chi connectivity index (χ2n) is 6.02. The maximum Gasteiger partial charge on any atom is 0.255 e. The van der Waals surface area contributed by atoms with E-state index in [-0.39, 0.29) is 12.0 Å². The predicted octanol–water partition coefficient (Wildman–Crippen LogP) is 5.42. The molecule has 3 aromatic carbocycles. The Morgan fingerprint density at radius 1 is 0.923 bits per heavy atom. The summed E-state index contributed by atoms with van der Waals surface area (Å²) in [6.07, 6.45) is 0.618. The molecular weight excluding hydrogens is 322 g/mol. The van der Waals surface area contributed by atoms with Crippen LogP contribution < -0.4 is 5.32 Å². The van der Waals surface area contributed by atoms with Crippen LogP contribution in [-0.4, -0.2) is 5.91 Å². The Balaban J connectivity index is 1.63. The van der Waals surface area contributed by atoms with Gasteiger partial charge >= 0.3 is 0 Å². The highest BCUT2D eigenvalue weighted by Crippen LogP contribution is 2.23. The van der Waals surface area contributed by atoms with Gasteiger partial charge in [0.15, 0.2) is 0 Å². The van der Waals surface area contributed by atoms with Crippen LogP contribution in [0.5, 0.6) is 0 Å². The lowest BCUT2D eigenvalue weighted by Gasteiger charge is -2.17. The highest BCUT2D eigenvalue weighted by Gasteiger charge is 2.10. The summed E-state index contributed by atoms with van der Waals surface area (Å²) in [7, 11) is 0. The number of hydrogen-bond acceptors (Lipinski definition) is 2. The fraction of sp³-hybridized carbons (Fsp3) is 0.130. The van der Waals surface area contributed by atoms with Crippen molar-refractivity contribution in [3.05, 3.63) is 109 Å². The minimum Gasteiger partial charge on any atom is -0.369 e. The van der Waals surface area contributed by atoms with E-state index in [1.807, 2.05) is 72.8 Å². The fourth-order valence-corrected chi connectivity index (χ4v) is 2.74. The van der Waals surface area contributed by atoms with Crippen molar-refractivity contribution in [2.75, 3.05) is 5.32 Å². The molecule has 3 nitrogen and oxygen atoms in total. The molecule has 1 unspecified atom stereocenters. The lowest BCUT2D eigenvalue weighted by atomic mass is 10.1. The van der Waals surface area contributed by atoms with Gasteiger partial charge in [-0.25, -0.2) is 0 Å². The SMILES string of the molecule is [CH2]CC(OCc1cccc(NC(=O)c2ccccc2)c1)c1ccccc1. The summed E-state index contributed by atoms with van der Waals surface area (Å²) in [5, 5.41) is 2.93. The zero-order chi connectivity index (χ0) is 18.2. The van der Waals surface area contributed by atoms with E-state index in [9.17, 15) is 4.79 Å². The Morgan fingerprint density at radius 2 is 1.62 bits per heavy atom. The van der Waals surface area contributed by atoms with Crippen molar-refractivity contribution in [3.63, 3.8) is 0 Å². The molecule has 3 aromatic rings. The summed E-state index contributed by atoms with van der Waals surface area (Å²) in [4.78, 5) is 12.3. The third kappa shape index (κ3) is 4.80. The first kappa shape index (κ1) is 17.9. The minimum atomic E-state index is -0.122. The Hall–Kier alpha value is -2.91. The first-order valence-corrected chi connectivity index (χ1v) is 8.67. The van der Waals surface area contributed by atoms with Crippen molar-refractivity contribution in [1.29, 1.82) is 0 Å². The largest absolute Gasteiger partial charge is 0.369 e. The molecule has 0 saturated heterocycles. The van der Waals surface area contributed by atoms with E-state index in [4.69, 9.17) is 4.74 Å². The molecule has 1 radical (unpaired) electrons. The molecule has 0 spiro atoms. The van der Waals surface area contributed by atoms with Crippen LogP contribution in [-0.2, 0) is 11.3 Å². The van der Waals surface area contributed by atoms with Gasteiger partial charge in [0.2, 0.25) is 0 Å². The van der Waals surface area contributed by atoms with E-state index in [0.29, 0.717) is 18.6 Å². The second-order valence-corrected chi connectivity index (χ2v) is 6.02. The fourth-order valence-electron chi connectivity index (χ4n) is 2.74. The highest BCUT2D eigenvalue weighted by molar-refractivity contribution is 6.04. The van der Waals surface area contributed by atoms with Crippen molar-refractivity contribution in [1.82, 2.24) is 0 Å². The second kappa shape index (κ2) is 8.97. The number of benzene rings is 3. The zero-order valence-corrected chi connectivity index (χ0v) is 14.6. The van der Waals surface area contributed by atoms with E-state index in [2.05, 4.69) is 12.2 Å². The number of carbonyl (C=O) groups excluding carboxylic acids is 1. The maximum absolute atomic E-state index is 12.3. The van der Waals surface area contributed by atoms with Crippen LogP contribution in [0, 0.1) is 6.92 Å². The summed E-state index contributed by atoms with van der Waals surface area (Å²) in [5.41, 5.74) is 3.52. The van der Waals surface area contributed by atoms with Crippen molar-refractivity contribution in [2.45, 2.75) is 19.1 Å². The molecule has 1 atom stereocenters. The first-order chi connectivity index (χ1) is 12.8. The number of ether oxygens (including phenoxy) is 1. The number of nitrogens with one attached hydrogen (secondary N) is 1. The van der Waals surface area contributed by atoms with E-state index >= 15 is 0 Å². The van der Waals surface area contributed by atoms with Gasteiger partial charge in [0.05, 0.1) is 12.7 Å². The van der Waals surface area contributed by atoms with Crippen LogP contribution in [0.4, 0.5) is 5.69 Å². The molecule has 0 heterocycles. The lowest BCUT2D eigenvalue weighted by molar-refractivity contribution is 0.0413. The number of anilines is 1. The number of amides is 1. The van der Waals surface area contributed by atoms with Gasteiger partial charge in [0, 0.05) is 11.3 Å². The van der Waals surface area contributed by atoms with E-state index in [0.717, 1.165) is 16.8 Å². The van der Waals surface area contributed by atoms with E-state index in [1.54, 1.807) is 12.1 Å². The Labute approximate surface area is 154 Å². The molecule has 3 heteroatoms. The molecule has 131 valence electrons. The highest BCUT2D eigenvalue weighted by atomic mass is 16.5. The smallest absolute Gasteiger partial charge is 0.255 e. The standard InChI is InChI=1S/C23H22NO2/c1-2-22(19-11-5-3-6-12-19)26-17-18-10-9-15-21(16-18)24-23(25)20-13-7-4-8-14-20/h3-16,22H,1-2,17H2,(H,24,25).